The summed E-state index contributed by atoms with van der Waals surface area (Å²) in [7, 11) is 0. The van der Waals surface area contributed by atoms with Crippen molar-refractivity contribution in [3.05, 3.63) is 6.92 Å². The Morgan fingerprint density at radius 2 is 1.86 bits per heavy atom. The van der Waals surface area contributed by atoms with Crippen molar-refractivity contribution in [1.29, 1.82) is 0 Å². The smallest absolute Gasteiger partial charge is 0.213 e. The Morgan fingerprint density at radius 1 is 1.21 bits per heavy atom. The van der Waals surface area contributed by atoms with E-state index in [-0.39, 0.29) is 6.61 Å². The van der Waals surface area contributed by atoms with Crippen LogP contribution in [-0.4, -0.2) is 36.5 Å². The highest BCUT2D eigenvalue weighted by molar-refractivity contribution is 6.67. The van der Waals surface area contributed by atoms with Crippen LogP contribution in [0, 0.1) is 6.92 Å². The van der Waals surface area contributed by atoms with Gasteiger partial charge in [0.1, 0.15) is 0 Å². The van der Waals surface area contributed by atoms with E-state index in [1.807, 2.05) is 6.92 Å². The largest absolute Gasteiger partial charge is 0.375 e. The zero-order chi connectivity index (χ0) is 11.0. The van der Waals surface area contributed by atoms with Crippen LogP contribution in [0.3, 0.4) is 0 Å². The fraction of sp³-hybridized carbons (Fsp3) is 0.875. The third kappa shape index (κ3) is 10.8. The van der Waals surface area contributed by atoms with Crippen LogP contribution in [0.5, 0.6) is 0 Å². The monoisotopic (exact) mass is 263 g/mol. The van der Waals surface area contributed by atoms with Gasteiger partial charge < -0.3 is 14.2 Å². The number of rotatable bonds is 7. The highest BCUT2D eigenvalue weighted by Gasteiger charge is 2.19. The van der Waals surface area contributed by atoms with Crippen LogP contribution in [0.15, 0.2) is 0 Å². The summed E-state index contributed by atoms with van der Waals surface area (Å²) < 4.78 is 13.8. The summed E-state index contributed by atoms with van der Waals surface area (Å²) in [6, 6.07) is 0. The average molecular weight is 265 g/mol. The first-order valence-electron chi connectivity index (χ1n) is 4.16. The zero-order valence-corrected chi connectivity index (χ0v) is 10.2. The Balaban J connectivity index is 3.21. The van der Waals surface area contributed by atoms with Crippen molar-refractivity contribution < 1.29 is 14.2 Å². The maximum absolute atomic E-state index is 5.45. The van der Waals surface area contributed by atoms with E-state index in [4.69, 9.17) is 49.0 Å². The normalized spacial score (nSPS) is 14.4. The number of alkyl halides is 3. The maximum atomic E-state index is 5.45. The van der Waals surface area contributed by atoms with Gasteiger partial charge in [-0.1, -0.05) is 34.8 Å². The van der Waals surface area contributed by atoms with Gasteiger partial charge in [0.05, 0.1) is 19.8 Å². The lowest BCUT2D eigenvalue weighted by Crippen LogP contribution is -2.19. The molecule has 1 atom stereocenters. The first kappa shape index (κ1) is 14.8. The van der Waals surface area contributed by atoms with Gasteiger partial charge in [-0.05, 0) is 6.92 Å². The topological polar surface area (TPSA) is 27.7 Å². The number of halogens is 3. The molecule has 0 aliphatic heterocycles. The summed E-state index contributed by atoms with van der Waals surface area (Å²) in [4.78, 5) is 0. The van der Waals surface area contributed by atoms with E-state index in [0.29, 0.717) is 19.8 Å². The minimum Gasteiger partial charge on any atom is -0.375 e. The molecule has 1 unspecified atom stereocenters. The molecular formula is C8H14Cl3O3. The molecule has 6 heteroatoms. The van der Waals surface area contributed by atoms with E-state index in [2.05, 4.69) is 6.92 Å². The molecule has 0 bridgehead atoms. The molecule has 3 nitrogen and oxygen atoms in total. The minimum atomic E-state index is -1.37. The van der Waals surface area contributed by atoms with Crippen LogP contribution in [-0.2, 0) is 14.2 Å². The Morgan fingerprint density at radius 3 is 2.36 bits per heavy atom. The molecule has 0 aromatic carbocycles. The Hall–Kier alpha value is 0.750. The third-order valence-corrected chi connectivity index (χ3v) is 1.48. The molecule has 85 valence electrons. The Labute approximate surface area is 99.5 Å². The fourth-order valence-electron chi connectivity index (χ4n) is 0.660. The van der Waals surface area contributed by atoms with Crippen molar-refractivity contribution in [3.63, 3.8) is 0 Å². The predicted octanol–water partition coefficient (Wildman–Crippen LogP) is 2.59. The highest BCUT2D eigenvalue weighted by atomic mass is 35.6. The Kier molecular flexibility index (Phi) is 8.39. The molecule has 0 aliphatic carbocycles. The SMILES string of the molecule is [CH2]C(OCC)OCCOCC(Cl)(Cl)Cl. The fourth-order valence-corrected chi connectivity index (χ4v) is 0.892. The van der Waals surface area contributed by atoms with E-state index >= 15 is 0 Å². The summed E-state index contributed by atoms with van der Waals surface area (Å²) in [5.41, 5.74) is 0. The molecule has 0 N–H and O–H groups in total. The van der Waals surface area contributed by atoms with Crippen LogP contribution >= 0.6 is 34.8 Å². The zero-order valence-electron chi connectivity index (χ0n) is 7.97. The first-order chi connectivity index (χ1) is 6.45. The van der Waals surface area contributed by atoms with E-state index < -0.39 is 10.1 Å². The van der Waals surface area contributed by atoms with Gasteiger partial charge in [0, 0.05) is 13.5 Å². The van der Waals surface area contributed by atoms with Gasteiger partial charge in [-0.2, -0.15) is 0 Å². The minimum absolute atomic E-state index is 0.0392. The van der Waals surface area contributed by atoms with Gasteiger partial charge in [0.2, 0.25) is 3.79 Å². The summed E-state index contributed by atoms with van der Waals surface area (Å²) in [6.07, 6.45) is -0.476. The van der Waals surface area contributed by atoms with Crippen molar-refractivity contribution in [2.75, 3.05) is 26.4 Å². The Bertz CT molecular complexity index is 138. The van der Waals surface area contributed by atoms with Crippen molar-refractivity contribution in [1.82, 2.24) is 0 Å². The standard InChI is InChI=1S/C8H14Cl3O3/c1-3-13-7(2)14-5-4-12-6-8(9,10)11/h7H,2-6H2,1H3. The highest BCUT2D eigenvalue weighted by Crippen LogP contribution is 2.25. The molecule has 0 aromatic rings. The van der Waals surface area contributed by atoms with Gasteiger partial charge >= 0.3 is 0 Å². The second-order valence-corrected chi connectivity index (χ2v) is 4.94. The third-order valence-electron chi connectivity index (χ3n) is 1.15. The lowest BCUT2D eigenvalue weighted by atomic mass is 10.7. The van der Waals surface area contributed by atoms with E-state index in [1.165, 1.54) is 0 Å². The van der Waals surface area contributed by atoms with Crippen molar-refractivity contribution in [3.8, 4) is 0 Å². The molecule has 0 rings (SSSR count). The lowest BCUT2D eigenvalue weighted by Gasteiger charge is -2.14. The van der Waals surface area contributed by atoms with Crippen LogP contribution in [0.2, 0.25) is 0 Å². The summed E-state index contributed by atoms with van der Waals surface area (Å²) in [6.45, 7) is 6.75. The second-order valence-electron chi connectivity index (χ2n) is 2.42. The second kappa shape index (κ2) is 7.97. The average Bonchev–Trinajstić information content (AvgIpc) is 2.02. The quantitative estimate of drug-likeness (QED) is 0.402. The van der Waals surface area contributed by atoms with Crippen molar-refractivity contribution >= 4 is 34.8 Å². The first-order valence-corrected chi connectivity index (χ1v) is 5.30. The summed E-state index contributed by atoms with van der Waals surface area (Å²) in [5, 5.41) is 0. The molecule has 0 saturated carbocycles. The van der Waals surface area contributed by atoms with E-state index in [1.54, 1.807) is 0 Å². The molecule has 1 radical (unpaired) electrons. The number of hydrogen-bond donors (Lipinski definition) is 0. The van der Waals surface area contributed by atoms with Crippen molar-refractivity contribution in [2.45, 2.75) is 17.0 Å². The van der Waals surface area contributed by atoms with Gasteiger partial charge in [-0.3, -0.25) is 0 Å². The van der Waals surface area contributed by atoms with Crippen LogP contribution in [0.25, 0.3) is 0 Å². The van der Waals surface area contributed by atoms with Crippen LogP contribution < -0.4 is 0 Å². The molecular weight excluding hydrogens is 250 g/mol. The number of ether oxygens (including phenoxy) is 3. The molecule has 0 aromatic heterocycles. The molecule has 0 amide bonds. The van der Waals surface area contributed by atoms with Gasteiger partial charge in [0.15, 0.2) is 6.29 Å². The van der Waals surface area contributed by atoms with Crippen LogP contribution in [0.4, 0.5) is 0 Å². The van der Waals surface area contributed by atoms with Gasteiger partial charge in [-0.15, -0.1) is 0 Å². The van der Waals surface area contributed by atoms with E-state index in [0.717, 1.165) is 0 Å². The summed E-state index contributed by atoms with van der Waals surface area (Å²) in [5.74, 6) is 0. The van der Waals surface area contributed by atoms with Gasteiger partial charge in [-0.25, -0.2) is 0 Å². The molecule has 14 heavy (non-hydrogen) atoms. The maximum Gasteiger partial charge on any atom is 0.213 e. The van der Waals surface area contributed by atoms with Crippen molar-refractivity contribution in [2.24, 2.45) is 0 Å². The molecule has 0 heterocycles. The number of hydrogen-bond acceptors (Lipinski definition) is 3. The molecule has 0 spiro atoms. The molecule has 0 fully saturated rings. The van der Waals surface area contributed by atoms with Crippen LogP contribution in [0.1, 0.15) is 6.92 Å². The lowest BCUT2D eigenvalue weighted by molar-refractivity contribution is -0.120. The molecule has 0 aliphatic rings. The predicted molar refractivity (Wildman–Crippen MR) is 57.8 cm³/mol. The molecule has 0 saturated heterocycles. The van der Waals surface area contributed by atoms with Gasteiger partial charge in [0.25, 0.3) is 0 Å². The summed E-state index contributed by atoms with van der Waals surface area (Å²) >= 11 is 16.4. The van der Waals surface area contributed by atoms with E-state index in [9.17, 15) is 0 Å².